The van der Waals surface area contributed by atoms with Gasteiger partial charge in [0, 0.05) is 0 Å². The molecule has 1 heterocycles. The van der Waals surface area contributed by atoms with Gasteiger partial charge in [-0.2, -0.15) is 0 Å². The Labute approximate surface area is 127 Å². The molecule has 1 aliphatic heterocycles. The molecule has 7 heteroatoms. The van der Waals surface area contributed by atoms with Crippen molar-refractivity contribution in [3.8, 4) is 0 Å². The van der Waals surface area contributed by atoms with Gasteiger partial charge in [-0.25, -0.2) is 0 Å². The summed E-state index contributed by atoms with van der Waals surface area (Å²) in [4.78, 5) is 0. The lowest BCUT2D eigenvalue weighted by Crippen LogP contribution is -2.48. The van der Waals surface area contributed by atoms with Gasteiger partial charge in [0.25, 0.3) is 0 Å². The van der Waals surface area contributed by atoms with Crippen LogP contribution in [0.3, 0.4) is 0 Å². The van der Waals surface area contributed by atoms with E-state index >= 15 is 0 Å². The molecule has 4 nitrogen and oxygen atoms in total. The summed E-state index contributed by atoms with van der Waals surface area (Å²) in [6, 6.07) is 0. The van der Waals surface area contributed by atoms with E-state index in [2.05, 4.69) is 58.9 Å². The van der Waals surface area contributed by atoms with Gasteiger partial charge in [-0.15, -0.1) is 0 Å². The molecule has 0 aliphatic carbocycles. The van der Waals surface area contributed by atoms with Crippen LogP contribution in [0.2, 0.25) is 58.9 Å². The first-order valence-electron chi connectivity index (χ1n) is 7.42. The standard InChI is InChI=1S/C13H32O4Si3/c1-18(2,3)15-11-10-14-13(17-20(7,8)9)12(11)16-19(4,5)6/h11-13H,10H2,1-9H3/t11-,12-,13-/m0/s1. The third kappa shape index (κ3) is 6.97. The summed E-state index contributed by atoms with van der Waals surface area (Å²) >= 11 is 0. The maximum absolute atomic E-state index is 6.32. The highest BCUT2D eigenvalue weighted by atomic mass is 28.4. The van der Waals surface area contributed by atoms with Crippen LogP contribution < -0.4 is 0 Å². The van der Waals surface area contributed by atoms with Crippen LogP contribution in [0.25, 0.3) is 0 Å². The van der Waals surface area contributed by atoms with Crippen molar-refractivity contribution < 1.29 is 18.0 Å². The average molecular weight is 337 g/mol. The van der Waals surface area contributed by atoms with Crippen molar-refractivity contribution in [2.45, 2.75) is 77.4 Å². The molecular weight excluding hydrogens is 304 g/mol. The summed E-state index contributed by atoms with van der Waals surface area (Å²) in [7, 11) is -4.94. The van der Waals surface area contributed by atoms with Gasteiger partial charge in [0.05, 0.1) is 12.7 Å². The number of hydrogen-bond acceptors (Lipinski definition) is 4. The van der Waals surface area contributed by atoms with Crippen LogP contribution in [0.4, 0.5) is 0 Å². The zero-order chi connectivity index (χ0) is 15.8. The van der Waals surface area contributed by atoms with Crippen molar-refractivity contribution in [1.82, 2.24) is 0 Å². The highest BCUT2D eigenvalue weighted by Gasteiger charge is 2.45. The first-order valence-corrected chi connectivity index (χ1v) is 17.6. The minimum Gasteiger partial charge on any atom is -0.410 e. The Hall–Kier alpha value is 0.491. The van der Waals surface area contributed by atoms with Crippen LogP contribution in [0, 0.1) is 0 Å². The molecule has 1 rings (SSSR count). The van der Waals surface area contributed by atoms with E-state index in [9.17, 15) is 0 Å². The molecule has 0 saturated carbocycles. The van der Waals surface area contributed by atoms with Gasteiger partial charge in [-0.05, 0) is 58.9 Å². The fourth-order valence-corrected chi connectivity index (χ4v) is 5.19. The molecule has 1 aliphatic rings. The molecule has 0 spiro atoms. The normalized spacial score (nSPS) is 28.9. The molecule has 0 aromatic rings. The maximum Gasteiger partial charge on any atom is 0.187 e. The molecule has 20 heavy (non-hydrogen) atoms. The molecular formula is C13H32O4Si3. The number of hydrogen-bond donors (Lipinski definition) is 0. The molecule has 0 radical (unpaired) electrons. The summed E-state index contributed by atoms with van der Waals surface area (Å²) in [5.74, 6) is 0. The Balaban J connectivity index is 2.81. The van der Waals surface area contributed by atoms with E-state index < -0.39 is 25.0 Å². The summed E-state index contributed by atoms with van der Waals surface area (Å²) in [6.45, 7) is 20.3. The Morgan fingerprint density at radius 1 is 0.700 bits per heavy atom. The second-order valence-electron chi connectivity index (χ2n) is 8.40. The van der Waals surface area contributed by atoms with E-state index in [0.717, 1.165) is 0 Å². The van der Waals surface area contributed by atoms with Crippen LogP contribution >= 0.6 is 0 Å². The lowest BCUT2D eigenvalue weighted by Gasteiger charge is -2.34. The smallest absolute Gasteiger partial charge is 0.187 e. The van der Waals surface area contributed by atoms with Crippen LogP contribution in [-0.2, 0) is 18.0 Å². The maximum atomic E-state index is 6.32. The summed E-state index contributed by atoms with van der Waals surface area (Å²) in [6.07, 6.45) is -0.343. The molecule has 120 valence electrons. The lowest BCUT2D eigenvalue weighted by molar-refractivity contribution is -0.0922. The van der Waals surface area contributed by atoms with Crippen molar-refractivity contribution in [3.05, 3.63) is 0 Å². The molecule has 0 bridgehead atoms. The van der Waals surface area contributed by atoms with Crippen molar-refractivity contribution in [2.24, 2.45) is 0 Å². The van der Waals surface area contributed by atoms with E-state index in [1.165, 1.54) is 0 Å². The summed E-state index contributed by atoms with van der Waals surface area (Å²) in [5, 5.41) is 0. The third-order valence-electron chi connectivity index (χ3n) is 2.52. The van der Waals surface area contributed by atoms with Gasteiger partial charge in [-0.1, -0.05) is 0 Å². The summed E-state index contributed by atoms with van der Waals surface area (Å²) in [5.41, 5.74) is 0. The molecule has 0 amide bonds. The fraction of sp³-hybridized carbons (Fsp3) is 1.00. The second kappa shape index (κ2) is 6.31. The van der Waals surface area contributed by atoms with Crippen molar-refractivity contribution >= 4 is 25.0 Å². The Kier molecular flexibility index (Phi) is 5.85. The minimum absolute atomic E-state index is 0.00902. The molecule has 0 aromatic heterocycles. The van der Waals surface area contributed by atoms with Gasteiger partial charge in [0.1, 0.15) is 6.10 Å². The minimum atomic E-state index is -1.67. The highest BCUT2D eigenvalue weighted by molar-refractivity contribution is 6.70. The monoisotopic (exact) mass is 336 g/mol. The zero-order valence-corrected chi connectivity index (χ0v) is 17.6. The average Bonchev–Trinajstić information content (AvgIpc) is 2.42. The molecule has 0 aromatic carbocycles. The first kappa shape index (κ1) is 18.5. The van der Waals surface area contributed by atoms with E-state index in [1.807, 2.05) is 0 Å². The predicted molar refractivity (Wildman–Crippen MR) is 90.6 cm³/mol. The van der Waals surface area contributed by atoms with Gasteiger partial charge in [0.2, 0.25) is 0 Å². The second-order valence-corrected chi connectivity index (χ2v) is 21.8. The fourth-order valence-electron chi connectivity index (χ4n) is 2.10. The molecule has 1 fully saturated rings. The van der Waals surface area contributed by atoms with Crippen LogP contribution in [0.5, 0.6) is 0 Å². The van der Waals surface area contributed by atoms with Crippen LogP contribution in [-0.4, -0.2) is 50.1 Å². The molecule has 3 atom stereocenters. The van der Waals surface area contributed by atoms with Gasteiger partial charge >= 0.3 is 0 Å². The SMILES string of the molecule is C[Si](C)(C)O[C@@H]1OC[C@H](O[Si](C)(C)C)[C@@H]1O[Si](C)(C)C. The lowest BCUT2D eigenvalue weighted by atomic mass is 10.2. The van der Waals surface area contributed by atoms with Gasteiger partial charge in [-0.3, -0.25) is 0 Å². The zero-order valence-electron chi connectivity index (χ0n) is 14.6. The van der Waals surface area contributed by atoms with E-state index in [1.54, 1.807) is 0 Å². The topological polar surface area (TPSA) is 36.9 Å². The van der Waals surface area contributed by atoms with E-state index in [4.69, 9.17) is 18.0 Å². The molecule has 0 unspecified atom stereocenters. The van der Waals surface area contributed by atoms with Crippen molar-refractivity contribution in [1.29, 1.82) is 0 Å². The summed E-state index contributed by atoms with van der Waals surface area (Å²) < 4.78 is 24.6. The molecule has 1 saturated heterocycles. The quantitative estimate of drug-likeness (QED) is 0.694. The Morgan fingerprint density at radius 2 is 1.15 bits per heavy atom. The van der Waals surface area contributed by atoms with Crippen molar-refractivity contribution in [2.75, 3.05) is 6.61 Å². The van der Waals surface area contributed by atoms with E-state index in [-0.39, 0.29) is 18.5 Å². The van der Waals surface area contributed by atoms with Crippen molar-refractivity contribution in [3.63, 3.8) is 0 Å². The first-order chi connectivity index (χ1) is 8.77. The number of rotatable bonds is 6. The van der Waals surface area contributed by atoms with Gasteiger partial charge in [0.15, 0.2) is 31.2 Å². The van der Waals surface area contributed by atoms with Crippen LogP contribution in [0.15, 0.2) is 0 Å². The number of ether oxygens (including phenoxy) is 1. The Morgan fingerprint density at radius 3 is 1.55 bits per heavy atom. The van der Waals surface area contributed by atoms with Crippen LogP contribution in [0.1, 0.15) is 0 Å². The third-order valence-corrected chi connectivity index (χ3v) is 5.45. The molecule has 0 N–H and O–H groups in total. The highest BCUT2D eigenvalue weighted by Crippen LogP contribution is 2.29. The predicted octanol–water partition coefficient (Wildman–Crippen LogP) is 3.63. The van der Waals surface area contributed by atoms with E-state index in [0.29, 0.717) is 6.61 Å². The largest absolute Gasteiger partial charge is 0.410 e. The van der Waals surface area contributed by atoms with Gasteiger partial charge < -0.3 is 18.0 Å². The Bertz CT molecular complexity index is 293.